The maximum atomic E-state index is 9.67. The third kappa shape index (κ3) is 5.78. The highest BCUT2D eigenvalue weighted by Crippen LogP contribution is 1.73. The van der Waals surface area contributed by atoms with E-state index in [1.807, 2.05) is 6.92 Å². The first-order valence-corrected chi connectivity index (χ1v) is 2.97. The van der Waals surface area contributed by atoms with Crippen LogP contribution in [0.15, 0.2) is 4.40 Å². The zero-order valence-corrected chi connectivity index (χ0v) is 4.81. The molecule has 7 heavy (non-hydrogen) atoms. The molecule has 0 aliphatic carbocycles. The van der Waals surface area contributed by atoms with Gasteiger partial charge in [0.15, 0.2) is 0 Å². The van der Waals surface area contributed by atoms with E-state index in [2.05, 4.69) is 4.40 Å². The van der Waals surface area contributed by atoms with Gasteiger partial charge in [-0.05, 0) is 6.42 Å². The summed E-state index contributed by atoms with van der Waals surface area (Å²) in [6.45, 7) is 1.84. The lowest BCUT2D eigenvalue weighted by molar-refractivity contribution is 0.566. The molecule has 0 aromatic heterocycles. The van der Waals surface area contributed by atoms with Crippen molar-refractivity contribution in [2.24, 2.45) is 4.40 Å². The molecule has 3 nitrogen and oxygen atoms in total. The summed E-state index contributed by atoms with van der Waals surface area (Å²) in [6, 6.07) is 0. The third-order valence-electron chi connectivity index (χ3n) is 0.347. The smallest absolute Gasteiger partial charge is 0.281 e. The number of hydrogen-bond acceptors (Lipinski definition) is 1. The Morgan fingerprint density at radius 1 is 2.00 bits per heavy atom. The van der Waals surface area contributed by atoms with Crippen LogP contribution in [0.4, 0.5) is 0 Å². The molecule has 0 aliphatic rings. The van der Waals surface area contributed by atoms with Crippen molar-refractivity contribution in [3.8, 4) is 0 Å². The molecule has 4 heteroatoms. The van der Waals surface area contributed by atoms with Crippen LogP contribution in [0.25, 0.3) is 0 Å². The van der Waals surface area contributed by atoms with Crippen LogP contribution in [-0.2, 0) is 11.3 Å². The van der Waals surface area contributed by atoms with Crippen LogP contribution in [0.5, 0.6) is 0 Å². The first-order valence-electron chi connectivity index (χ1n) is 1.91. The van der Waals surface area contributed by atoms with Gasteiger partial charge in [0.1, 0.15) is 0 Å². The Balaban J connectivity index is 3.26. The fourth-order valence-electron chi connectivity index (χ4n) is 0.138. The molecule has 1 N–H and O–H groups in total. The van der Waals surface area contributed by atoms with Gasteiger partial charge in [0.05, 0.1) is 0 Å². The molecule has 0 radical (unpaired) electrons. The van der Waals surface area contributed by atoms with E-state index in [-0.39, 0.29) is 0 Å². The molecular formula is C3H7NO2S. The van der Waals surface area contributed by atoms with Gasteiger partial charge in [-0.25, -0.2) is 4.21 Å². The molecule has 0 fully saturated rings. The zero-order chi connectivity index (χ0) is 5.70. The molecular weight excluding hydrogens is 114 g/mol. The van der Waals surface area contributed by atoms with E-state index in [0.717, 1.165) is 0 Å². The molecule has 1 atom stereocenters. The molecule has 0 aromatic carbocycles. The Morgan fingerprint density at radius 2 is 2.57 bits per heavy atom. The van der Waals surface area contributed by atoms with Gasteiger partial charge in [-0.15, -0.1) is 0 Å². The Labute approximate surface area is 44.9 Å². The molecule has 1 unspecified atom stereocenters. The Morgan fingerprint density at radius 3 is 2.71 bits per heavy atom. The molecule has 0 bridgehead atoms. The zero-order valence-electron chi connectivity index (χ0n) is 4.00. The van der Waals surface area contributed by atoms with Gasteiger partial charge in [-0.3, -0.25) is 4.55 Å². The Kier molecular flexibility index (Phi) is 3.83. The minimum atomic E-state index is -2.00. The minimum Gasteiger partial charge on any atom is -0.288 e. The summed E-state index contributed by atoms with van der Waals surface area (Å²) in [5, 5.41) is 0. The molecule has 0 spiro atoms. The van der Waals surface area contributed by atoms with Gasteiger partial charge in [-0.1, -0.05) is 6.92 Å². The normalized spacial score (nSPS) is 15.1. The van der Waals surface area contributed by atoms with Crippen LogP contribution in [0, 0.1) is 0 Å². The fourth-order valence-corrected chi connectivity index (χ4v) is 0.415. The predicted molar refractivity (Wildman–Crippen MR) is 29.6 cm³/mol. The first-order chi connectivity index (χ1) is 3.27. The van der Waals surface area contributed by atoms with Crippen molar-refractivity contribution in [1.29, 1.82) is 0 Å². The van der Waals surface area contributed by atoms with Crippen molar-refractivity contribution < 1.29 is 8.76 Å². The lowest BCUT2D eigenvalue weighted by Gasteiger charge is -1.74. The van der Waals surface area contributed by atoms with Crippen LogP contribution >= 0.6 is 0 Å². The van der Waals surface area contributed by atoms with Crippen molar-refractivity contribution in [2.45, 2.75) is 13.3 Å². The summed E-state index contributed by atoms with van der Waals surface area (Å²) in [5.74, 6) is 0. The lowest BCUT2D eigenvalue weighted by atomic mass is 10.6. The molecule has 42 valence electrons. The maximum Gasteiger partial charge on any atom is 0.281 e. The van der Waals surface area contributed by atoms with E-state index in [0.29, 0.717) is 6.42 Å². The summed E-state index contributed by atoms with van der Waals surface area (Å²) in [6.07, 6.45) is 2.10. The van der Waals surface area contributed by atoms with E-state index in [1.165, 1.54) is 6.21 Å². The van der Waals surface area contributed by atoms with Gasteiger partial charge in [0.2, 0.25) is 0 Å². The third-order valence-corrected chi connectivity index (χ3v) is 0.677. The highest BCUT2D eigenvalue weighted by molar-refractivity contribution is 7.77. The van der Waals surface area contributed by atoms with Gasteiger partial charge in [-0.2, -0.15) is 4.40 Å². The molecule has 0 rings (SSSR count). The summed E-state index contributed by atoms with van der Waals surface area (Å²) < 4.78 is 20.8. The molecule has 0 amide bonds. The SMILES string of the molecule is CCC=NS(=O)O. The summed E-state index contributed by atoms with van der Waals surface area (Å²) in [7, 11) is 0. The maximum absolute atomic E-state index is 9.67. The van der Waals surface area contributed by atoms with Crippen molar-refractivity contribution in [2.75, 3.05) is 0 Å². The second-order valence-electron chi connectivity index (χ2n) is 0.927. The van der Waals surface area contributed by atoms with E-state index in [4.69, 9.17) is 4.55 Å². The van der Waals surface area contributed by atoms with Gasteiger partial charge < -0.3 is 0 Å². The van der Waals surface area contributed by atoms with Crippen molar-refractivity contribution >= 4 is 17.5 Å². The van der Waals surface area contributed by atoms with Gasteiger partial charge in [0, 0.05) is 6.21 Å². The predicted octanol–water partition coefficient (Wildman–Crippen LogP) is 0.604. The van der Waals surface area contributed by atoms with Crippen molar-refractivity contribution in [3.63, 3.8) is 0 Å². The second kappa shape index (κ2) is 3.95. The highest BCUT2D eigenvalue weighted by Gasteiger charge is 1.75. The number of nitrogens with zero attached hydrogens (tertiary/aromatic N) is 1. The minimum absolute atomic E-state index is 0.701. The monoisotopic (exact) mass is 121 g/mol. The first kappa shape index (κ1) is 6.78. The standard InChI is InChI=1S/C3H7NO2S/c1-2-3-4-7(5)6/h3H,2H2,1H3,(H,5,6). The van der Waals surface area contributed by atoms with Crippen LogP contribution < -0.4 is 0 Å². The van der Waals surface area contributed by atoms with Crippen LogP contribution in [0.1, 0.15) is 13.3 Å². The van der Waals surface area contributed by atoms with Crippen LogP contribution in [0.2, 0.25) is 0 Å². The summed E-state index contributed by atoms with van der Waals surface area (Å²) in [4.78, 5) is 0. The van der Waals surface area contributed by atoms with E-state index in [1.54, 1.807) is 0 Å². The topological polar surface area (TPSA) is 49.7 Å². The quantitative estimate of drug-likeness (QED) is 0.429. The largest absolute Gasteiger partial charge is 0.288 e. The molecule has 0 aromatic rings. The second-order valence-corrected chi connectivity index (χ2v) is 1.60. The lowest BCUT2D eigenvalue weighted by Crippen LogP contribution is -1.78. The average Bonchev–Trinajstić information content (AvgIpc) is 1.61. The van der Waals surface area contributed by atoms with Gasteiger partial charge >= 0.3 is 0 Å². The van der Waals surface area contributed by atoms with Crippen LogP contribution in [-0.4, -0.2) is 15.0 Å². The van der Waals surface area contributed by atoms with Gasteiger partial charge in [0.25, 0.3) is 11.3 Å². The average molecular weight is 121 g/mol. The fraction of sp³-hybridized carbons (Fsp3) is 0.667. The van der Waals surface area contributed by atoms with E-state index in [9.17, 15) is 4.21 Å². The summed E-state index contributed by atoms with van der Waals surface area (Å²) >= 11 is -2.00. The molecule has 0 saturated heterocycles. The number of hydrogen-bond donors (Lipinski definition) is 1. The molecule has 0 heterocycles. The Hall–Kier alpha value is -0.220. The molecule has 0 aliphatic heterocycles. The Bertz CT molecular complexity index is 90.9. The molecule has 0 saturated carbocycles. The van der Waals surface area contributed by atoms with Crippen LogP contribution in [0.3, 0.4) is 0 Å². The number of rotatable bonds is 2. The van der Waals surface area contributed by atoms with Crippen molar-refractivity contribution in [3.05, 3.63) is 0 Å². The van der Waals surface area contributed by atoms with E-state index >= 15 is 0 Å². The van der Waals surface area contributed by atoms with E-state index < -0.39 is 11.3 Å². The highest BCUT2D eigenvalue weighted by atomic mass is 32.2. The summed E-state index contributed by atoms with van der Waals surface area (Å²) in [5.41, 5.74) is 0. The van der Waals surface area contributed by atoms with Crippen molar-refractivity contribution in [1.82, 2.24) is 0 Å².